The lowest BCUT2D eigenvalue weighted by Gasteiger charge is -2.14. The fraction of sp³-hybridized carbons (Fsp3) is 0.571. The minimum Gasteiger partial charge on any atom is -0.384 e. The minimum absolute atomic E-state index is 0.102. The van der Waals surface area contributed by atoms with Crippen LogP contribution in [0.2, 0.25) is 0 Å². The van der Waals surface area contributed by atoms with Crippen LogP contribution in [0.5, 0.6) is 0 Å². The van der Waals surface area contributed by atoms with Gasteiger partial charge in [0.05, 0.1) is 11.5 Å². The van der Waals surface area contributed by atoms with Gasteiger partial charge in [-0.05, 0) is 24.5 Å². The number of nitro benzene ring substituents is 1. The van der Waals surface area contributed by atoms with Crippen LogP contribution in [0.25, 0.3) is 0 Å². The fourth-order valence-corrected chi connectivity index (χ4v) is 1.91. The molecule has 1 aromatic rings. The molecule has 0 spiro atoms. The van der Waals surface area contributed by atoms with Crippen LogP contribution in [0, 0.1) is 16.0 Å². The van der Waals surface area contributed by atoms with Gasteiger partial charge in [-0.2, -0.15) is 0 Å². The number of nitro groups is 1. The van der Waals surface area contributed by atoms with Crippen molar-refractivity contribution < 1.29 is 9.66 Å². The summed E-state index contributed by atoms with van der Waals surface area (Å²) in [6.45, 7) is 6.01. The number of ether oxygens (including phenoxy) is 1. The summed E-state index contributed by atoms with van der Waals surface area (Å²) in [4.78, 5) is 10.9. The second-order valence-corrected chi connectivity index (χ2v) is 4.83. The maximum atomic E-state index is 11.3. The van der Waals surface area contributed by atoms with Gasteiger partial charge in [-0.25, -0.2) is 0 Å². The smallest absolute Gasteiger partial charge is 0.315 e. The first-order valence-electron chi connectivity index (χ1n) is 6.84. The molecule has 20 heavy (non-hydrogen) atoms. The molecule has 112 valence electrons. The first-order valence-corrected chi connectivity index (χ1v) is 6.84. The molecule has 0 aliphatic carbocycles. The summed E-state index contributed by atoms with van der Waals surface area (Å²) < 4.78 is 5.06. The van der Waals surface area contributed by atoms with Gasteiger partial charge in [0.25, 0.3) is 0 Å². The Morgan fingerprint density at radius 2 is 2.00 bits per heavy atom. The average Bonchev–Trinajstić information content (AvgIpc) is 2.42. The number of hydrogen-bond donors (Lipinski definition) is 2. The van der Waals surface area contributed by atoms with Gasteiger partial charge in [0.2, 0.25) is 0 Å². The summed E-state index contributed by atoms with van der Waals surface area (Å²) >= 11 is 0. The molecule has 6 nitrogen and oxygen atoms in total. The van der Waals surface area contributed by atoms with Crippen molar-refractivity contribution in [2.24, 2.45) is 5.92 Å². The third kappa shape index (κ3) is 4.70. The predicted molar refractivity (Wildman–Crippen MR) is 81.4 cm³/mol. The predicted octanol–water partition coefficient (Wildman–Crippen LogP) is 3.11. The Bertz CT molecular complexity index is 438. The van der Waals surface area contributed by atoms with E-state index in [1.807, 2.05) is 19.9 Å². The number of nitrogens with one attached hydrogen (secondary N) is 2. The highest BCUT2D eigenvalue weighted by molar-refractivity contribution is 5.76. The first kappa shape index (κ1) is 16.2. The molecule has 0 aromatic heterocycles. The molecule has 1 rings (SSSR count). The first-order chi connectivity index (χ1) is 9.60. The summed E-state index contributed by atoms with van der Waals surface area (Å²) in [5.41, 5.74) is 1.20. The third-order valence-electron chi connectivity index (χ3n) is 2.88. The highest BCUT2D eigenvalue weighted by atomic mass is 16.6. The van der Waals surface area contributed by atoms with Crippen LogP contribution >= 0.6 is 0 Å². The Labute approximate surface area is 119 Å². The number of anilines is 2. The molecular weight excluding hydrogens is 258 g/mol. The average molecular weight is 281 g/mol. The molecule has 0 amide bonds. The molecule has 0 heterocycles. The third-order valence-corrected chi connectivity index (χ3v) is 2.88. The molecule has 1 aromatic carbocycles. The van der Waals surface area contributed by atoms with Gasteiger partial charge in [0.15, 0.2) is 0 Å². The quantitative estimate of drug-likeness (QED) is 0.537. The van der Waals surface area contributed by atoms with E-state index in [9.17, 15) is 10.1 Å². The fourth-order valence-electron chi connectivity index (χ4n) is 1.91. The number of methoxy groups -OCH3 is 1. The SMILES string of the molecule is CCCNc1cccc(NCC(C)COC)c1[N+](=O)[O-]. The largest absolute Gasteiger partial charge is 0.384 e. The van der Waals surface area contributed by atoms with Crippen molar-refractivity contribution >= 4 is 17.1 Å². The van der Waals surface area contributed by atoms with E-state index in [2.05, 4.69) is 10.6 Å². The molecule has 2 N–H and O–H groups in total. The standard InChI is InChI=1S/C14H23N3O3/c1-4-8-15-12-6-5-7-13(14(12)17(18)19)16-9-11(2)10-20-3/h5-7,11,15-16H,4,8-10H2,1-3H3. The van der Waals surface area contributed by atoms with E-state index in [0.717, 1.165) is 6.42 Å². The molecular formula is C14H23N3O3. The molecule has 0 saturated carbocycles. The summed E-state index contributed by atoms with van der Waals surface area (Å²) in [6, 6.07) is 5.28. The molecule has 1 atom stereocenters. The van der Waals surface area contributed by atoms with E-state index in [4.69, 9.17) is 4.74 Å². The zero-order valence-electron chi connectivity index (χ0n) is 12.3. The molecule has 0 aliphatic heterocycles. The normalized spacial score (nSPS) is 11.9. The van der Waals surface area contributed by atoms with Crippen LogP contribution in [0.15, 0.2) is 18.2 Å². The van der Waals surface area contributed by atoms with Crippen molar-refractivity contribution in [3.05, 3.63) is 28.3 Å². The Kier molecular flexibility index (Phi) is 6.79. The van der Waals surface area contributed by atoms with Crippen LogP contribution in [-0.4, -0.2) is 31.7 Å². The molecule has 6 heteroatoms. The number of rotatable bonds is 9. The van der Waals surface area contributed by atoms with Crippen molar-refractivity contribution in [1.29, 1.82) is 0 Å². The van der Waals surface area contributed by atoms with Crippen molar-refractivity contribution in [2.75, 3.05) is 37.4 Å². The highest BCUT2D eigenvalue weighted by Gasteiger charge is 2.19. The summed E-state index contributed by atoms with van der Waals surface area (Å²) in [6.07, 6.45) is 0.916. The van der Waals surface area contributed by atoms with Gasteiger partial charge < -0.3 is 15.4 Å². The second-order valence-electron chi connectivity index (χ2n) is 4.83. The maximum absolute atomic E-state index is 11.3. The van der Waals surface area contributed by atoms with E-state index in [0.29, 0.717) is 31.1 Å². The van der Waals surface area contributed by atoms with Crippen LogP contribution in [-0.2, 0) is 4.74 Å². The van der Waals surface area contributed by atoms with Crippen LogP contribution in [0.3, 0.4) is 0 Å². The van der Waals surface area contributed by atoms with Gasteiger partial charge in [-0.15, -0.1) is 0 Å². The highest BCUT2D eigenvalue weighted by Crippen LogP contribution is 2.32. The monoisotopic (exact) mass is 281 g/mol. The van der Waals surface area contributed by atoms with Crippen molar-refractivity contribution in [1.82, 2.24) is 0 Å². The van der Waals surface area contributed by atoms with Crippen molar-refractivity contribution in [3.63, 3.8) is 0 Å². The summed E-state index contributed by atoms with van der Waals surface area (Å²) in [5, 5.41) is 17.5. The van der Waals surface area contributed by atoms with E-state index in [-0.39, 0.29) is 16.5 Å². The Morgan fingerprint density at radius 3 is 2.55 bits per heavy atom. The van der Waals surface area contributed by atoms with Crippen molar-refractivity contribution in [3.8, 4) is 0 Å². The van der Waals surface area contributed by atoms with E-state index < -0.39 is 0 Å². The van der Waals surface area contributed by atoms with Gasteiger partial charge in [-0.3, -0.25) is 10.1 Å². The number of benzene rings is 1. The maximum Gasteiger partial charge on any atom is 0.315 e. The molecule has 0 radical (unpaired) electrons. The van der Waals surface area contributed by atoms with Gasteiger partial charge >= 0.3 is 5.69 Å². The Hall–Kier alpha value is -1.82. The summed E-state index contributed by atoms with van der Waals surface area (Å²) in [5.74, 6) is 0.284. The zero-order valence-corrected chi connectivity index (χ0v) is 12.3. The Morgan fingerprint density at radius 1 is 1.35 bits per heavy atom. The van der Waals surface area contributed by atoms with E-state index in [1.165, 1.54) is 0 Å². The lowest BCUT2D eigenvalue weighted by atomic mass is 10.1. The molecule has 0 bridgehead atoms. The minimum atomic E-state index is -0.346. The lowest BCUT2D eigenvalue weighted by molar-refractivity contribution is -0.383. The van der Waals surface area contributed by atoms with Crippen LogP contribution < -0.4 is 10.6 Å². The molecule has 0 fully saturated rings. The molecule has 0 saturated heterocycles. The van der Waals surface area contributed by atoms with Gasteiger partial charge in [-0.1, -0.05) is 19.9 Å². The van der Waals surface area contributed by atoms with Crippen LogP contribution in [0.1, 0.15) is 20.3 Å². The van der Waals surface area contributed by atoms with Crippen LogP contribution in [0.4, 0.5) is 17.1 Å². The lowest BCUT2D eigenvalue weighted by Crippen LogP contribution is -2.16. The van der Waals surface area contributed by atoms with Gasteiger partial charge in [0, 0.05) is 20.2 Å². The number of para-hydroxylation sites is 1. The number of hydrogen-bond acceptors (Lipinski definition) is 5. The topological polar surface area (TPSA) is 76.4 Å². The van der Waals surface area contributed by atoms with E-state index in [1.54, 1.807) is 19.2 Å². The Balaban J connectivity index is 2.86. The van der Waals surface area contributed by atoms with Crippen molar-refractivity contribution in [2.45, 2.75) is 20.3 Å². The van der Waals surface area contributed by atoms with Gasteiger partial charge in [0.1, 0.15) is 11.4 Å². The molecule has 0 aliphatic rings. The number of nitrogens with zero attached hydrogens (tertiary/aromatic N) is 1. The molecule has 1 unspecified atom stereocenters. The van der Waals surface area contributed by atoms with E-state index >= 15 is 0 Å². The summed E-state index contributed by atoms with van der Waals surface area (Å²) in [7, 11) is 1.65. The zero-order chi connectivity index (χ0) is 15.0. The second kappa shape index (κ2) is 8.37.